The number of aliphatic hydroxyl groups excluding tert-OH is 8. The number of aliphatic hydroxyl groups is 8. The topological polar surface area (TPSA) is 193 Å². The molecule has 11 nitrogen and oxygen atoms in total. The summed E-state index contributed by atoms with van der Waals surface area (Å²) in [5, 5.41) is 80.6. The molecule has 8 N–H and O–H groups in total. The van der Waals surface area contributed by atoms with Crippen molar-refractivity contribution in [3.05, 3.63) is 77.0 Å². The molecule has 2 saturated heterocycles. The molecule has 11 heteroatoms. The number of ether oxygens (including phenoxy) is 2. The first-order valence-electron chi connectivity index (χ1n) is 13.8. The lowest BCUT2D eigenvalue weighted by atomic mass is 9.88. The molecule has 2 aromatic carbocycles. The van der Waals surface area contributed by atoms with Crippen LogP contribution < -0.4 is 0 Å². The lowest BCUT2D eigenvalue weighted by Gasteiger charge is -2.40. The maximum absolute atomic E-state index is 10.5. The van der Waals surface area contributed by atoms with Crippen molar-refractivity contribution < 1.29 is 50.3 Å². The molecular weight excluding hydrogens is 546 g/mol. The Hall–Kier alpha value is -2.81. The number of hydrogen-bond acceptors (Lipinski definition) is 11. The molecule has 42 heavy (non-hydrogen) atoms. The number of nitrogens with zero attached hydrogens (tertiary/aromatic N) is 1. The summed E-state index contributed by atoms with van der Waals surface area (Å²) in [4.78, 5) is 4.62. The average Bonchev–Trinajstić information content (AvgIpc) is 3.00. The number of hydrogen-bond donors (Lipinski definition) is 8. The maximum atomic E-state index is 10.5. The van der Waals surface area contributed by atoms with Crippen molar-refractivity contribution in [2.24, 2.45) is 0 Å². The molecule has 2 aliphatic rings. The smallest absolute Gasteiger partial charge is 0.113 e. The van der Waals surface area contributed by atoms with E-state index in [9.17, 15) is 40.9 Å². The van der Waals surface area contributed by atoms with Gasteiger partial charge in [-0.25, -0.2) is 0 Å². The molecule has 0 spiro atoms. The van der Waals surface area contributed by atoms with Crippen LogP contribution in [0.3, 0.4) is 0 Å². The van der Waals surface area contributed by atoms with Gasteiger partial charge < -0.3 is 50.3 Å². The second kappa shape index (κ2) is 12.4. The molecule has 0 saturated carbocycles. The molecule has 10 unspecified atom stereocenters. The third kappa shape index (κ3) is 5.61. The van der Waals surface area contributed by atoms with Crippen molar-refractivity contribution >= 4 is 0 Å². The number of aromatic nitrogens is 1. The fourth-order valence-electron chi connectivity index (χ4n) is 5.78. The molecule has 10 atom stereocenters. The van der Waals surface area contributed by atoms with Crippen molar-refractivity contribution in [1.29, 1.82) is 0 Å². The van der Waals surface area contributed by atoms with E-state index in [1.54, 1.807) is 18.3 Å². The van der Waals surface area contributed by atoms with Gasteiger partial charge in [-0.1, -0.05) is 36.4 Å². The number of benzene rings is 2. The minimum Gasteiger partial charge on any atom is -0.394 e. The van der Waals surface area contributed by atoms with E-state index in [1.165, 1.54) is 0 Å². The summed E-state index contributed by atoms with van der Waals surface area (Å²) >= 11 is 0. The van der Waals surface area contributed by atoms with Crippen LogP contribution in [0.2, 0.25) is 0 Å². The van der Waals surface area contributed by atoms with Gasteiger partial charge in [0.1, 0.15) is 61.0 Å². The van der Waals surface area contributed by atoms with E-state index in [1.807, 2.05) is 50.2 Å². The van der Waals surface area contributed by atoms with E-state index in [0.29, 0.717) is 16.8 Å². The van der Waals surface area contributed by atoms with E-state index >= 15 is 0 Å². The first-order valence-corrected chi connectivity index (χ1v) is 13.8. The summed E-state index contributed by atoms with van der Waals surface area (Å²) in [6, 6.07) is 14.8. The lowest BCUT2D eigenvalue weighted by Crippen LogP contribution is -2.55. The highest BCUT2D eigenvalue weighted by molar-refractivity contribution is 5.68. The van der Waals surface area contributed by atoms with Crippen molar-refractivity contribution in [3.63, 3.8) is 0 Å². The van der Waals surface area contributed by atoms with Gasteiger partial charge >= 0.3 is 0 Å². The summed E-state index contributed by atoms with van der Waals surface area (Å²) in [6.45, 7) is 2.70. The zero-order valence-corrected chi connectivity index (χ0v) is 23.2. The number of pyridine rings is 1. The van der Waals surface area contributed by atoms with Crippen LogP contribution in [0.15, 0.2) is 54.7 Å². The Morgan fingerprint density at radius 1 is 0.571 bits per heavy atom. The lowest BCUT2D eigenvalue weighted by molar-refractivity contribution is -0.231. The Kier molecular flexibility index (Phi) is 9.07. The maximum Gasteiger partial charge on any atom is 0.113 e. The second-order valence-electron chi connectivity index (χ2n) is 11.1. The summed E-state index contributed by atoms with van der Waals surface area (Å²) in [6.07, 6.45) is -10.5. The number of aryl methyl sites for hydroxylation is 2. The molecule has 2 aliphatic heterocycles. The normalized spacial score (nSPS) is 33.5. The molecule has 226 valence electrons. The first-order chi connectivity index (χ1) is 20.0. The molecule has 1 aromatic heterocycles. The number of rotatable bonds is 6. The van der Waals surface area contributed by atoms with Gasteiger partial charge in [-0.15, -0.1) is 0 Å². The van der Waals surface area contributed by atoms with Gasteiger partial charge in [0, 0.05) is 17.3 Å². The van der Waals surface area contributed by atoms with E-state index in [2.05, 4.69) is 4.98 Å². The molecule has 0 amide bonds. The van der Waals surface area contributed by atoms with Gasteiger partial charge in [-0.05, 0) is 53.8 Å². The highest BCUT2D eigenvalue weighted by Gasteiger charge is 2.45. The fraction of sp³-hybridized carbons (Fsp3) is 0.452. The van der Waals surface area contributed by atoms with Gasteiger partial charge in [-0.3, -0.25) is 4.98 Å². The first kappa shape index (κ1) is 30.6. The second-order valence-corrected chi connectivity index (χ2v) is 11.1. The van der Waals surface area contributed by atoms with Crippen molar-refractivity contribution in [1.82, 2.24) is 4.98 Å². The van der Waals surface area contributed by atoms with Crippen LogP contribution in [0.5, 0.6) is 0 Å². The molecule has 3 heterocycles. The molecule has 3 aromatic rings. The van der Waals surface area contributed by atoms with Gasteiger partial charge in [0.2, 0.25) is 0 Å². The minimum atomic E-state index is -1.45. The van der Waals surface area contributed by atoms with Crippen molar-refractivity contribution in [2.45, 2.75) is 74.9 Å². The van der Waals surface area contributed by atoms with Crippen LogP contribution >= 0.6 is 0 Å². The summed E-state index contributed by atoms with van der Waals surface area (Å²) in [7, 11) is 0. The van der Waals surface area contributed by atoms with Gasteiger partial charge in [-0.2, -0.15) is 0 Å². The zero-order valence-electron chi connectivity index (χ0n) is 23.2. The molecule has 5 rings (SSSR count). The standard InChI is InChI=1S/C31H37NO10/c1-14-9-16(3-6-19(14)30-28(39)26(37)24(35)22(12-33)41-30)18-5-8-21(32-11-18)17-4-7-20(15(2)10-17)31-29(40)27(38)25(36)23(13-34)42-31/h3-11,22-31,33-40H,12-13H2,1-2H3. The third-order valence-electron chi connectivity index (χ3n) is 8.33. The Morgan fingerprint density at radius 2 is 1.02 bits per heavy atom. The van der Waals surface area contributed by atoms with Crippen molar-refractivity contribution in [2.75, 3.05) is 13.2 Å². The zero-order chi connectivity index (χ0) is 30.3. The molecule has 0 radical (unpaired) electrons. The minimum absolute atomic E-state index is 0.493. The largest absolute Gasteiger partial charge is 0.394 e. The van der Waals surface area contributed by atoms with Gasteiger partial charge in [0.15, 0.2) is 0 Å². The molecule has 0 bridgehead atoms. The van der Waals surface area contributed by atoms with Gasteiger partial charge in [0.25, 0.3) is 0 Å². The van der Waals surface area contributed by atoms with E-state index < -0.39 is 74.3 Å². The van der Waals surface area contributed by atoms with E-state index in [0.717, 1.165) is 27.8 Å². The average molecular weight is 584 g/mol. The van der Waals surface area contributed by atoms with Gasteiger partial charge in [0.05, 0.1) is 18.9 Å². The Morgan fingerprint density at radius 3 is 1.45 bits per heavy atom. The van der Waals surface area contributed by atoms with Crippen LogP contribution in [-0.4, -0.2) is 108 Å². The Bertz CT molecular complexity index is 1280. The predicted octanol–water partition coefficient (Wildman–Crippen LogP) is 0.0622. The molecular formula is C31H37NO10. The predicted molar refractivity (Wildman–Crippen MR) is 150 cm³/mol. The van der Waals surface area contributed by atoms with Crippen LogP contribution in [0.4, 0.5) is 0 Å². The molecule has 0 aliphatic carbocycles. The molecule has 2 fully saturated rings. The third-order valence-corrected chi connectivity index (χ3v) is 8.33. The monoisotopic (exact) mass is 583 g/mol. The summed E-state index contributed by atoms with van der Waals surface area (Å²) in [5.74, 6) is 0. The SMILES string of the molecule is Cc1cc(-c2ccc(-c3ccc(C4OC(CO)C(O)C(O)C4O)c(C)c3)nc2)ccc1C1OC(CO)C(O)C(O)C1O. The Labute approximate surface area is 242 Å². The van der Waals surface area contributed by atoms with Crippen LogP contribution in [-0.2, 0) is 9.47 Å². The highest BCUT2D eigenvalue weighted by atomic mass is 16.6. The van der Waals surface area contributed by atoms with Crippen LogP contribution in [0.25, 0.3) is 22.4 Å². The van der Waals surface area contributed by atoms with E-state index in [4.69, 9.17) is 9.47 Å². The van der Waals surface area contributed by atoms with Crippen molar-refractivity contribution in [3.8, 4) is 22.4 Å². The summed E-state index contributed by atoms with van der Waals surface area (Å²) in [5.41, 5.74) is 6.07. The fourth-order valence-corrected chi connectivity index (χ4v) is 5.78. The van der Waals surface area contributed by atoms with Crippen LogP contribution in [0.1, 0.15) is 34.5 Å². The van der Waals surface area contributed by atoms with E-state index in [-0.39, 0.29) is 0 Å². The van der Waals surface area contributed by atoms with Crippen LogP contribution in [0, 0.1) is 13.8 Å². The highest BCUT2D eigenvalue weighted by Crippen LogP contribution is 2.37. The summed E-state index contributed by atoms with van der Waals surface area (Å²) < 4.78 is 11.4. The Balaban J connectivity index is 1.34. The quantitative estimate of drug-likeness (QED) is 0.196.